The molecule has 2 fully saturated rings. The highest BCUT2D eigenvalue weighted by molar-refractivity contribution is 6.21. The second kappa shape index (κ2) is 5.85. The van der Waals surface area contributed by atoms with E-state index in [9.17, 15) is 5.11 Å². The molecular weight excluding hydrogens is 238 g/mol. The molecule has 0 aliphatic carbocycles. The van der Waals surface area contributed by atoms with Gasteiger partial charge in [0.25, 0.3) is 0 Å². The molecule has 0 amide bonds. The van der Waals surface area contributed by atoms with E-state index in [-0.39, 0.29) is 23.6 Å². The summed E-state index contributed by atoms with van der Waals surface area (Å²) in [6.45, 7) is 6.75. The molecule has 5 heteroatoms. The molecule has 0 aromatic carbocycles. The van der Waals surface area contributed by atoms with Crippen LogP contribution in [0.5, 0.6) is 0 Å². The van der Waals surface area contributed by atoms with Crippen LogP contribution in [0.3, 0.4) is 0 Å². The van der Waals surface area contributed by atoms with Gasteiger partial charge in [-0.15, -0.1) is 11.6 Å². The first kappa shape index (κ1) is 13.6. The van der Waals surface area contributed by atoms with Gasteiger partial charge in [-0.2, -0.15) is 0 Å². The molecule has 2 heterocycles. The Kier molecular flexibility index (Phi) is 4.66. The number of nitrogens with zero attached hydrogens (tertiary/aromatic N) is 2. The van der Waals surface area contributed by atoms with Crippen LogP contribution < -0.4 is 5.73 Å². The van der Waals surface area contributed by atoms with Crippen LogP contribution >= 0.6 is 11.6 Å². The fraction of sp³-hybridized carbons (Fsp3) is 1.00. The summed E-state index contributed by atoms with van der Waals surface area (Å²) in [4.78, 5) is 4.63. The molecule has 0 saturated carbocycles. The number of β-amino-alcohol motifs (C(OH)–C–C–N with tert-alkyl or cyclic N) is 1. The van der Waals surface area contributed by atoms with E-state index in [0.29, 0.717) is 0 Å². The van der Waals surface area contributed by atoms with Gasteiger partial charge in [0, 0.05) is 38.3 Å². The molecule has 3 N–H and O–H groups in total. The molecule has 17 heavy (non-hydrogen) atoms. The number of alkyl halides is 1. The Morgan fingerprint density at radius 2 is 2.12 bits per heavy atom. The van der Waals surface area contributed by atoms with Crippen LogP contribution in [0.2, 0.25) is 0 Å². The van der Waals surface area contributed by atoms with Crippen molar-refractivity contribution in [3.05, 3.63) is 0 Å². The minimum absolute atomic E-state index is 0.0793. The zero-order valence-corrected chi connectivity index (χ0v) is 11.3. The molecule has 4 nitrogen and oxygen atoms in total. The molecular formula is C12H24ClN3O. The van der Waals surface area contributed by atoms with Crippen molar-refractivity contribution < 1.29 is 5.11 Å². The standard InChI is InChI=1S/C12H24ClN3O/c1-2-4-15-7-10(13)12(11(14)8-15)16-5-3-9(17)6-16/h9-12,17H,2-8,14H2,1H3. The zero-order chi connectivity index (χ0) is 12.4. The summed E-state index contributed by atoms with van der Waals surface area (Å²) >= 11 is 6.49. The first-order chi connectivity index (χ1) is 8.11. The van der Waals surface area contributed by atoms with Crippen molar-refractivity contribution in [3.8, 4) is 0 Å². The van der Waals surface area contributed by atoms with Gasteiger partial charge in [0.1, 0.15) is 0 Å². The topological polar surface area (TPSA) is 52.7 Å². The quantitative estimate of drug-likeness (QED) is 0.707. The second-order valence-electron chi connectivity index (χ2n) is 5.37. The van der Waals surface area contributed by atoms with E-state index in [4.69, 9.17) is 17.3 Å². The number of hydrogen-bond donors (Lipinski definition) is 2. The Bertz CT molecular complexity index is 242. The predicted octanol–water partition coefficient (Wildman–Crippen LogP) is 0.0819. The number of aliphatic hydroxyl groups excluding tert-OH is 1. The van der Waals surface area contributed by atoms with E-state index in [1.54, 1.807) is 0 Å². The van der Waals surface area contributed by atoms with Crippen molar-refractivity contribution >= 4 is 11.6 Å². The van der Waals surface area contributed by atoms with Gasteiger partial charge in [-0.05, 0) is 19.4 Å². The summed E-state index contributed by atoms with van der Waals surface area (Å²) in [6.07, 6.45) is 1.80. The maximum Gasteiger partial charge on any atom is 0.0679 e. The molecule has 4 atom stereocenters. The van der Waals surface area contributed by atoms with Gasteiger partial charge >= 0.3 is 0 Å². The lowest BCUT2D eigenvalue weighted by molar-refractivity contribution is 0.0959. The lowest BCUT2D eigenvalue weighted by Crippen LogP contribution is -2.63. The van der Waals surface area contributed by atoms with E-state index in [1.165, 1.54) is 0 Å². The molecule has 0 spiro atoms. The van der Waals surface area contributed by atoms with E-state index >= 15 is 0 Å². The van der Waals surface area contributed by atoms with Crippen LogP contribution in [0.15, 0.2) is 0 Å². The van der Waals surface area contributed by atoms with Gasteiger partial charge in [0.15, 0.2) is 0 Å². The van der Waals surface area contributed by atoms with E-state index < -0.39 is 0 Å². The molecule has 0 radical (unpaired) electrons. The molecule has 100 valence electrons. The van der Waals surface area contributed by atoms with Crippen molar-refractivity contribution in [2.45, 2.75) is 43.3 Å². The van der Waals surface area contributed by atoms with Gasteiger partial charge in [-0.25, -0.2) is 0 Å². The Morgan fingerprint density at radius 3 is 2.65 bits per heavy atom. The number of halogens is 1. The SMILES string of the molecule is CCCN1CC(N)C(N2CCC(O)C2)C(Cl)C1. The molecule has 2 aliphatic rings. The van der Waals surface area contributed by atoms with Gasteiger partial charge in [-0.1, -0.05) is 6.92 Å². The fourth-order valence-corrected chi connectivity index (χ4v) is 3.68. The van der Waals surface area contributed by atoms with Crippen LogP contribution in [0.4, 0.5) is 0 Å². The monoisotopic (exact) mass is 261 g/mol. The molecule has 2 aliphatic heterocycles. The number of piperidine rings is 1. The van der Waals surface area contributed by atoms with E-state index in [2.05, 4.69) is 16.7 Å². The molecule has 0 aromatic rings. The highest BCUT2D eigenvalue weighted by Gasteiger charge is 2.39. The Morgan fingerprint density at radius 1 is 1.35 bits per heavy atom. The summed E-state index contributed by atoms with van der Waals surface area (Å²) in [5, 5.41) is 9.68. The van der Waals surface area contributed by atoms with Crippen molar-refractivity contribution in [1.29, 1.82) is 0 Å². The maximum absolute atomic E-state index is 9.60. The third kappa shape index (κ3) is 3.12. The Hall–Kier alpha value is 0.130. The fourth-order valence-electron chi connectivity index (χ4n) is 3.14. The first-order valence-electron chi connectivity index (χ1n) is 6.66. The summed E-state index contributed by atoms with van der Waals surface area (Å²) in [6, 6.07) is 0.324. The lowest BCUT2D eigenvalue weighted by Gasteiger charge is -2.44. The highest BCUT2D eigenvalue weighted by atomic mass is 35.5. The number of likely N-dealkylation sites (tertiary alicyclic amines) is 2. The summed E-state index contributed by atoms with van der Waals surface area (Å²) in [7, 11) is 0. The number of nitrogens with two attached hydrogens (primary N) is 1. The molecule has 0 aromatic heterocycles. The minimum atomic E-state index is -0.195. The van der Waals surface area contributed by atoms with Gasteiger partial charge in [-0.3, -0.25) is 4.90 Å². The van der Waals surface area contributed by atoms with Crippen LogP contribution in [-0.4, -0.2) is 71.2 Å². The highest BCUT2D eigenvalue weighted by Crippen LogP contribution is 2.24. The molecule has 0 bridgehead atoms. The summed E-state index contributed by atoms with van der Waals surface area (Å²) in [5.74, 6) is 0. The Balaban J connectivity index is 1.94. The zero-order valence-electron chi connectivity index (χ0n) is 10.6. The summed E-state index contributed by atoms with van der Waals surface area (Å²) < 4.78 is 0. The van der Waals surface area contributed by atoms with Crippen LogP contribution in [0.25, 0.3) is 0 Å². The minimum Gasteiger partial charge on any atom is -0.392 e. The third-order valence-corrected chi connectivity index (χ3v) is 4.26. The number of rotatable bonds is 3. The average Bonchev–Trinajstić information content (AvgIpc) is 2.64. The van der Waals surface area contributed by atoms with Gasteiger partial charge in [0.2, 0.25) is 0 Å². The van der Waals surface area contributed by atoms with Gasteiger partial charge in [0.05, 0.1) is 11.5 Å². The summed E-state index contributed by atoms with van der Waals surface area (Å²) in [5.41, 5.74) is 6.27. The Labute approximate surface area is 109 Å². The first-order valence-corrected chi connectivity index (χ1v) is 7.09. The average molecular weight is 262 g/mol. The third-order valence-electron chi connectivity index (χ3n) is 3.87. The normalized spacial score (nSPS) is 40.9. The smallest absolute Gasteiger partial charge is 0.0679 e. The maximum atomic E-state index is 9.60. The van der Waals surface area contributed by atoms with Gasteiger partial charge < -0.3 is 15.7 Å². The lowest BCUT2D eigenvalue weighted by atomic mass is 9.98. The van der Waals surface area contributed by atoms with Crippen molar-refractivity contribution in [3.63, 3.8) is 0 Å². The van der Waals surface area contributed by atoms with Crippen LogP contribution in [-0.2, 0) is 0 Å². The van der Waals surface area contributed by atoms with Crippen molar-refractivity contribution in [2.24, 2.45) is 5.73 Å². The largest absolute Gasteiger partial charge is 0.392 e. The van der Waals surface area contributed by atoms with E-state index in [1.807, 2.05) is 0 Å². The van der Waals surface area contributed by atoms with Crippen molar-refractivity contribution in [2.75, 3.05) is 32.7 Å². The van der Waals surface area contributed by atoms with Crippen molar-refractivity contribution in [1.82, 2.24) is 9.80 Å². The second-order valence-corrected chi connectivity index (χ2v) is 5.93. The van der Waals surface area contributed by atoms with Crippen LogP contribution in [0.1, 0.15) is 19.8 Å². The predicted molar refractivity (Wildman–Crippen MR) is 70.3 cm³/mol. The molecule has 2 saturated heterocycles. The number of aliphatic hydroxyl groups is 1. The van der Waals surface area contributed by atoms with E-state index in [0.717, 1.165) is 45.6 Å². The van der Waals surface area contributed by atoms with Crippen LogP contribution in [0, 0.1) is 0 Å². The number of hydrogen-bond acceptors (Lipinski definition) is 4. The molecule has 2 rings (SSSR count). The molecule has 4 unspecified atom stereocenters.